The summed E-state index contributed by atoms with van der Waals surface area (Å²) in [6.45, 7) is 9.58. The van der Waals surface area contributed by atoms with Crippen molar-refractivity contribution in [3.63, 3.8) is 0 Å². The van der Waals surface area contributed by atoms with Crippen molar-refractivity contribution in [2.45, 2.75) is 64.3 Å². The molecule has 0 bridgehead atoms. The van der Waals surface area contributed by atoms with E-state index in [1.165, 1.54) is 5.56 Å². The smallest absolute Gasteiger partial charge is 0.102 e. The Hall–Kier alpha value is -1.06. The summed E-state index contributed by atoms with van der Waals surface area (Å²) in [5.41, 5.74) is 8.18. The van der Waals surface area contributed by atoms with Crippen LogP contribution >= 0.6 is 11.6 Å². The maximum atomic E-state index is 6.16. The van der Waals surface area contributed by atoms with Crippen molar-refractivity contribution in [2.24, 2.45) is 10.7 Å². The molecule has 22 heavy (non-hydrogen) atoms. The van der Waals surface area contributed by atoms with E-state index in [1.807, 2.05) is 6.07 Å². The lowest BCUT2D eigenvalue weighted by Crippen LogP contribution is -2.37. The molecule has 0 saturated carbocycles. The summed E-state index contributed by atoms with van der Waals surface area (Å²) >= 11 is 6.16. The molecule has 3 N–H and O–H groups in total. The molecular weight excluding hydrogens is 294 g/mol. The number of nitrogens with zero attached hydrogens (tertiary/aromatic N) is 1. The molecule has 1 heterocycles. The Bertz CT molecular complexity index is 559. The first-order valence-electron chi connectivity index (χ1n) is 8.21. The Morgan fingerprint density at radius 1 is 1.32 bits per heavy atom. The zero-order valence-corrected chi connectivity index (χ0v) is 14.9. The van der Waals surface area contributed by atoms with Gasteiger partial charge in [-0.15, -0.1) is 0 Å². The molecule has 0 unspecified atom stereocenters. The van der Waals surface area contributed by atoms with Gasteiger partial charge in [0.15, 0.2) is 0 Å². The van der Waals surface area contributed by atoms with Gasteiger partial charge in [0.1, 0.15) is 5.84 Å². The van der Waals surface area contributed by atoms with Gasteiger partial charge in [0, 0.05) is 17.1 Å². The first-order chi connectivity index (χ1) is 10.4. The van der Waals surface area contributed by atoms with Crippen LogP contribution in [0.2, 0.25) is 5.02 Å². The van der Waals surface area contributed by atoms with E-state index < -0.39 is 0 Å². The van der Waals surface area contributed by atoms with Crippen LogP contribution in [0, 0.1) is 0 Å². The van der Waals surface area contributed by atoms with E-state index in [-0.39, 0.29) is 11.0 Å². The molecule has 1 aliphatic heterocycles. The summed E-state index contributed by atoms with van der Waals surface area (Å²) in [6, 6.07) is 6.04. The summed E-state index contributed by atoms with van der Waals surface area (Å²) < 4.78 is 0. The number of nitrogens with two attached hydrogens (primary N) is 1. The van der Waals surface area contributed by atoms with Gasteiger partial charge in [-0.1, -0.05) is 39.3 Å². The van der Waals surface area contributed by atoms with Crippen LogP contribution in [0.25, 0.3) is 0 Å². The first-order valence-corrected chi connectivity index (χ1v) is 8.59. The predicted octanol–water partition coefficient (Wildman–Crippen LogP) is 4.74. The van der Waals surface area contributed by atoms with Crippen LogP contribution in [0.1, 0.15) is 58.9 Å². The second-order valence-electron chi connectivity index (χ2n) is 6.90. The zero-order valence-electron chi connectivity index (χ0n) is 14.2. The molecule has 0 aromatic heterocycles. The maximum Gasteiger partial charge on any atom is 0.102 e. The van der Waals surface area contributed by atoms with Crippen LogP contribution in [0.15, 0.2) is 23.2 Å². The van der Waals surface area contributed by atoms with E-state index in [1.54, 1.807) is 0 Å². The molecule has 0 amide bonds. The maximum absolute atomic E-state index is 6.16. The predicted molar refractivity (Wildman–Crippen MR) is 97.1 cm³/mol. The molecule has 3 nitrogen and oxygen atoms in total. The molecule has 0 radical (unpaired) electrons. The van der Waals surface area contributed by atoms with Crippen LogP contribution in [0.4, 0.5) is 5.69 Å². The number of hydrogen-bond acceptors (Lipinski definition) is 2. The molecule has 1 aromatic carbocycles. The summed E-state index contributed by atoms with van der Waals surface area (Å²) in [5.74, 6) is 1.07. The van der Waals surface area contributed by atoms with Gasteiger partial charge in [0.2, 0.25) is 0 Å². The molecule has 4 heteroatoms. The highest BCUT2D eigenvalue weighted by atomic mass is 35.5. The third kappa shape index (κ3) is 3.47. The number of halogens is 1. The van der Waals surface area contributed by atoms with Gasteiger partial charge in [-0.3, -0.25) is 4.99 Å². The van der Waals surface area contributed by atoms with Gasteiger partial charge in [0.25, 0.3) is 0 Å². The quantitative estimate of drug-likeness (QED) is 0.823. The highest BCUT2D eigenvalue weighted by molar-refractivity contribution is 6.30. The zero-order chi connectivity index (χ0) is 16.4. The Kier molecular flexibility index (Phi) is 5.18. The number of rotatable bonds is 5. The van der Waals surface area contributed by atoms with Crippen LogP contribution in [-0.2, 0) is 5.41 Å². The Morgan fingerprint density at radius 3 is 2.59 bits per heavy atom. The van der Waals surface area contributed by atoms with E-state index in [4.69, 9.17) is 22.3 Å². The monoisotopic (exact) mass is 321 g/mol. The minimum Gasteiger partial charge on any atom is -0.344 e. The number of aliphatic imine (C=N–C) groups is 1. The summed E-state index contributed by atoms with van der Waals surface area (Å²) in [4.78, 5) is 5.10. The second kappa shape index (κ2) is 6.59. The number of fused-ring (bicyclic) bond motifs is 1. The summed E-state index contributed by atoms with van der Waals surface area (Å²) in [7, 11) is 0. The Morgan fingerprint density at radius 2 is 2.00 bits per heavy atom. The number of nitrogens with one attached hydrogen (secondary N) is 1. The fourth-order valence-electron chi connectivity index (χ4n) is 3.34. The summed E-state index contributed by atoms with van der Waals surface area (Å²) in [6.07, 6.45) is 3.85. The molecular formula is C18H28ClN3. The van der Waals surface area contributed by atoms with Crippen molar-refractivity contribution in [3.8, 4) is 0 Å². The molecule has 0 saturated heterocycles. The fraction of sp³-hybridized carbons (Fsp3) is 0.611. The second-order valence-corrected chi connectivity index (χ2v) is 7.34. The van der Waals surface area contributed by atoms with Gasteiger partial charge in [-0.2, -0.15) is 0 Å². The van der Waals surface area contributed by atoms with Crippen molar-refractivity contribution in [1.82, 2.24) is 0 Å². The number of benzene rings is 1. The van der Waals surface area contributed by atoms with E-state index in [0.29, 0.717) is 6.54 Å². The molecule has 0 spiro atoms. The number of hydrogen-bond donors (Lipinski definition) is 2. The fourth-order valence-corrected chi connectivity index (χ4v) is 3.51. The molecule has 122 valence electrons. The van der Waals surface area contributed by atoms with Gasteiger partial charge in [0.05, 0.1) is 5.54 Å². The summed E-state index contributed by atoms with van der Waals surface area (Å²) in [5, 5.41) is 4.30. The van der Waals surface area contributed by atoms with Crippen LogP contribution < -0.4 is 11.1 Å². The van der Waals surface area contributed by atoms with Crippen LogP contribution in [0.5, 0.6) is 0 Å². The average molecular weight is 322 g/mol. The Balaban J connectivity index is 2.39. The lowest BCUT2D eigenvalue weighted by atomic mass is 9.77. The minimum atomic E-state index is -0.0446. The highest BCUT2D eigenvalue weighted by Gasteiger charge is 2.33. The lowest BCUT2D eigenvalue weighted by molar-refractivity contribution is 0.373. The normalized spacial score (nSPS) is 18.9. The topological polar surface area (TPSA) is 50.4 Å². The third-order valence-corrected chi connectivity index (χ3v) is 5.13. The molecule has 0 aliphatic carbocycles. The lowest BCUT2D eigenvalue weighted by Gasteiger charge is -2.36. The van der Waals surface area contributed by atoms with E-state index in [2.05, 4.69) is 45.1 Å². The van der Waals surface area contributed by atoms with E-state index >= 15 is 0 Å². The van der Waals surface area contributed by atoms with Crippen LogP contribution in [-0.4, -0.2) is 17.9 Å². The molecule has 0 atom stereocenters. The van der Waals surface area contributed by atoms with Gasteiger partial charge >= 0.3 is 0 Å². The van der Waals surface area contributed by atoms with Crippen molar-refractivity contribution < 1.29 is 0 Å². The average Bonchev–Trinajstić information content (AvgIpc) is 2.47. The third-order valence-electron chi connectivity index (χ3n) is 4.90. The molecule has 1 aliphatic rings. The SMILES string of the molecule is CCC(CC)(CCN)N=C1CC(C)(C)c2cc(Cl)ccc2N1. The minimum absolute atomic E-state index is 0.0280. The van der Waals surface area contributed by atoms with Gasteiger partial charge in [-0.25, -0.2) is 0 Å². The van der Waals surface area contributed by atoms with Crippen molar-refractivity contribution in [1.29, 1.82) is 0 Å². The molecule has 2 rings (SSSR count). The van der Waals surface area contributed by atoms with Gasteiger partial charge < -0.3 is 11.1 Å². The van der Waals surface area contributed by atoms with Gasteiger partial charge in [-0.05, 0) is 55.0 Å². The highest BCUT2D eigenvalue weighted by Crippen LogP contribution is 2.39. The number of anilines is 1. The van der Waals surface area contributed by atoms with Crippen molar-refractivity contribution in [2.75, 3.05) is 11.9 Å². The van der Waals surface area contributed by atoms with E-state index in [0.717, 1.165) is 42.2 Å². The molecule has 1 aromatic rings. The first kappa shape index (κ1) is 17.3. The van der Waals surface area contributed by atoms with Crippen LogP contribution in [0.3, 0.4) is 0 Å². The molecule has 0 fully saturated rings. The van der Waals surface area contributed by atoms with Crippen molar-refractivity contribution in [3.05, 3.63) is 28.8 Å². The number of amidine groups is 1. The largest absolute Gasteiger partial charge is 0.344 e. The Labute approximate surface area is 139 Å². The van der Waals surface area contributed by atoms with Crippen molar-refractivity contribution >= 4 is 23.1 Å². The van der Waals surface area contributed by atoms with E-state index in [9.17, 15) is 0 Å². The standard InChI is InChI=1S/C18H28ClN3/c1-5-18(6-2,9-10-20)22-16-12-17(3,4)14-11-13(19)7-8-15(14)21-16/h7-8,11H,5-6,9-10,12,20H2,1-4H3,(H,21,22).